The summed E-state index contributed by atoms with van der Waals surface area (Å²) in [5.74, 6) is -1.07. The van der Waals surface area contributed by atoms with Crippen molar-refractivity contribution in [1.82, 2.24) is 5.32 Å². The van der Waals surface area contributed by atoms with E-state index in [2.05, 4.69) is 16.0 Å². The summed E-state index contributed by atoms with van der Waals surface area (Å²) in [5.41, 5.74) is 1.23. The number of benzene rings is 2. The number of carbonyl (C=O) groups excluding carboxylic acids is 2. The molecule has 0 aliphatic rings. The monoisotopic (exact) mass is 335 g/mol. The zero-order valence-corrected chi connectivity index (χ0v) is 13.1. The van der Waals surface area contributed by atoms with Crippen LogP contribution in [0.4, 0.5) is 15.8 Å². The van der Waals surface area contributed by atoms with Gasteiger partial charge in [0.1, 0.15) is 5.82 Å². The van der Waals surface area contributed by atoms with Gasteiger partial charge < -0.3 is 16.0 Å². The third-order valence-corrected chi connectivity index (χ3v) is 3.26. The van der Waals surface area contributed by atoms with Gasteiger partial charge in [-0.1, -0.05) is 11.6 Å². The van der Waals surface area contributed by atoms with Crippen LogP contribution in [-0.4, -0.2) is 25.4 Å². The van der Waals surface area contributed by atoms with E-state index < -0.39 is 5.82 Å². The molecule has 0 saturated heterocycles. The molecule has 0 aromatic heterocycles. The first-order valence-corrected chi connectivity index (χ1v) is 7.18. The second-order valence-corrected chi connectivity index (χ2v) is 5.12. The van der Waals surface area contributed by atoms with Gasteiger partial charge in [0.2, 0.25) is 5.91 Å². The molecule has 120 valence electrons. The minimum atomic E-state index is -0.528. The van der Waals surface area contributed by atoms with Crippen LogP contribution in [-0.2, 0) is 4.79 Å². The number of hydrogen-bond acceptors (Lipinski definition) is 3. The molecule has 2 amide bonds. The summed E-state index contributed by atoms with van der Waals surface area (Å²) in [6.07, 6.45) is 0. The molecule has 0 spiro atoms. The average molecular weight is 336 g/mol. The first kappa shape index (κ1) is 16.8. The second kappa shape index (κ2) is 7.60. The Morgan fingerprint density at radius 2 is 1.83 bits per heavy atom. The predicted octanol–water partition coefficient (Wildman–Crippen LogP) is 2.89. The summed E-state index contributed by atoms with van der Waals surface area (Å²) in [7, 11) is 1.54. The van der Waals surface area contributed by atoms with Crippen molar-refractivity contribution in [3.63, 3.8) is 0 Å². The topological polar surface area (TPSA) is 70.2 Å². The van der Waals surface area contributed by atoms with Crippen molar-refractivity contribution in [3.8, 4) is 0 Å². The highest BCUT2D eigenvalue weighted by Crippen LogP contribution is 2.18. The Balaban J connectivity index is 1.90. The fourth-order valence-corrected chi connectivity index (χ4v) is 2.02. The number of rotatable bonds is 5. The zero-order chi connectivity index (χ0) is 16.8. The number of anilines is 2. The largest absolute Gasteiger partial charge is 0.374 e. The van der Waals surface area contributed by atoms with Crippen molar-refractivity contribution in [2.75, 3.05) is 24.2 Å². The van der Waals surface area contributed by atoms with Gasteiger partial charge in [0.25, 0.3) is 5.91 Å². The summed E-state index contributed by atoms with van der Waals surface area (Å²) in [4.78, 5) is 23.2. The fourth-order valence-electron chi connectivity index (χ4n) is 1.86. The first-order valence-electron chi connectivity index (χ1n) is 6.80. The van der Waals surface area contributed by atoms with Gasteiger partial charge in [-0.3, -0.25) is 9.59 Å². The molecule has 0 bridgehead atoms. The second-order valence-electron chi connectivity index (χ2n) is 4.68. The molecule has 7 heteroatoms. The van der Waals surface area contributed by atoms with Crippen LogP contribution in [0, 0.1) is 5.82 Å². The number of hydrogen-bond donors (Lipinski definition) is 3. The smallest absolute Gasteiger partial charge is 0.251 e. The van der Waals surface area contributed by atoms with Gasteiger partial charge in [0, 0.05) is 23.3 Å². The molecule has 0 heterocycles. The maximum atomic E-state index is 13.6. The molecule has 2 aromatic carbocycles. The van der Waals surface area contributed by atoms with Crippen LogP contribution in [0.15, 0.2) is 42.5 Å². The minimum absolute atomic E-state index is 0.101. The van der Waals surface area contributed by atoms with Gasteiger partial charge in [-0.25, -0.2) is 4.39 Å². The third kappa shape index (κ3) is 4.69. The van der Waals surface area contributed by atoms with Gasteiger partial charge in [-0.15, -0.1) is 0 Å². The summed E-state index contributed by atoms with van der Waals surface area (Å²) >= 11 is 5.66. The Hall–Kier alpha value is -2.60. The van der Waals surface area contributed by atoms with Gasteiger partial charge >= 0.3 is 0 Å². The maximum Gasteiger partial charge on any atom is 0.251 e. The van der Waals surface area contributed by atoms with E-state index in [4.69, 9.17) is 11.6 Å². The van der Waals surface area contributed by atoms with Crippen LogP contribution in [0.3, 0.4) is 0 Å². The van der Waals surface area contributed by atoms with Crippen molar-refractivity contribution >= 4 is 34.8 Å². The Morgan fingerprint density at radius 1 is 1.13 bits per heavy atom. The Labute approximate surface area is 137 Å². The first-order chi connectivity index (χ1) is 11.0. The van der Waals surface area contributed by atoms with Crippen LogP contribution in [0.2, 0.25) is 5.02 Å². The number of nitrogens with one attached hydrogen (secondary N) is 3. The van der Waals surface area contributed by atoms with E-state index in [1.165, 1.54) is 18.2 Å². The summed E-state index contributed by atoms with van der Waals surface area (Å²) in [6.45, 7) is -0.101. The van der Waals surface area contributed by atoms with Gasteiger partial charge in [-0.05, 0) is 42.5 Å². The van der Waals surface area contributed by atoms with E-state index in [0.717, 1.165) is 0 Å². The van der Waals surface area contributed by atoms with E-state index in [9.17, 15) is 14.0 Å². The number of carbonyl (C=O) groups is 2. The highest BCUT2D eigenvalue weighted by atomic mass is 35.5. The van der Waals surface area contributed by atoms with Crippen molar-refractivity contribution < 1.29 is 14.0 Å². The van der Waals surface area contributed by atoms with Crippen molar-refractivity contribution in [2.24, 2.45) is 0 Å². The zero-order valence-electron chi connectivity index (χ0n) is 12.3. The molecule has 5 nitrogen and oxygen atoms in total. The van der Waals surface area contributed by atoms with Crippen LogP contribution < -0.4 is 16.0 Å². The summed E-state index contributed by atoms with van der Waals surface area (Å²) in [5, 5.41) is 8.13. The van der Waals surface area contributed by atoms with E-state index in [0.29, 0.717) is 11.3 Å². The maximum absolute atomic E-state index is 13.6. The quantitative estimate of drug-likeness (QED) is 0.787. The lowest BCUT2D eigenvalue weighted by Crippen LogP contribution is -2.22. The molecule has 0 fully saturated rings. The normalized spacial score (nSPS) is 10.0. The van der Waals surface area contributed by atoms with Gasteiger partial charge in [0.05, 0.1) is 12.2 Å². The van der Waals surface area contributed by atoms with Crippen molar-refractivity contribution in [1.29, 1.82) is 0 Å². The molecule has 0 unspecified atom stereocenters. The molecule has 0 aliphatic heterocycles. The van der Waals surface area contributed by atoms with Gasteiger partial charge in [0.15, 0.2) is 0 Å². The van der Waals surface area contributed by atoms with E-state index >= 15 is 0 Å². The predicted molar refractivity (Wildman–Crippen MR) is 88.4 cm³/mol. The van der Waals surface area contributed by atoms with E-state index in [-0.39, 0.29) is 29.1 Å². The van der Waals surface area contributed by atoms with Crippen LogP contribution in [0.25, 0.3) is 0 Å². The highest BCUT2D eigenvalue weighted by molar-refractivity contribution is 6.30. The molecule has 0 radical (unpaired) electrons. The Bertz CT molecular complexity index is 720. The summed E-state index contributed by atoms with van der Waals surface area (Å²) < 4.78 is 13.6. The van der Waals surface area contributed by atoms with Gasteiger partial charge in [-0.2, -0.15) is 0 Å². The molecule has 23 heavy (non-hydrogen) atoms. The number of halogens is 2. The lowest BCUT2D eigenvalue weighted by Gasteiger charge is -2.09. The lowest BCUT2D eigenvalue weighted by molar-refractivity contribution is -0.114. The molecule has 2 aromatic rings. The fraction of sp³-hybridized carbons (Fsp3) is 0.125. The standard InChI is InChI=1S/C16H15ClFN3O2/c1-19-16(23)10-2-5-12(6-3-10)21-15(22)9-20-14-7-4-11(17)8-13(14)18/h2-8,20H,9H2,1H3,(H,19,23)(H,21,22). The van der Waals surface area contributed by atoms with Crippen LogP contribution >= 0.6 is 11.6 Å². The average Bonchev–Trinajstić information content (AvgIpc) is 2.54. The highest BCUT2D eigenvalue weighted by Gasteiger charge is 2.07. The third-order valence-electron chi connectivity index (χ3n) is 3.03. The molecule has 0 atom stereocenters. The van der Waals surface area contributed by atoms with E-state index in [1.54, 1.807) is 31.3 Å². The minimum Gasteiger partial charge on any atom is -0.374 e. The van der Waals surface area contributed by atoms with Crippen molar-refractivity contribution in [3.05, 3.63) is 58.9 Å². The SMILES string of the molecule is CNC(=O)c1ccc(NC(=O)CNc2ccc(Cl)cc2F)cc1. The molecule has 0 saturated carbocycles. The Kier molecular flexibility index (Phi) is 5.54. The lowest BCUT2D eigenvalue weighted by atomic mass is 10.2. The molecular formula is C16H15ClFN3O2. The van der Waals surface area contributed by atoms with Crippen molar-refractivity contribution in [2.45, 2.75) is 0 Å². The molecular weight excluding hydrogens is 321 g/mol. The van der Waals surface area contributed by atoms with Crippen LogP contribution in [0.1, 0.15) is 10.4 Å². The Morgan fingerprint density at radius 3 is 2.43 bits per heavy atom. The van der Waals surface area contributed by atoms with E-state index in [1.807, 2.05) is 0 Å². The summed E-state index contributed by atoms with van der Waals surface area (Å²) in [6, 6.07) is 10.6. The molecule has 0 aliphatic carbocycles. The number of amides is 2. The molecule has 2 rings (SSSR count). The van der Waals surface area contributed by atoms with Crippen LogP contribution in [0.5, 0.6) is 0 Å². The molecule has 3 N–H and O–H groups in total.